The molecule has 1 N–H and O–H groups in total. The zero-order chi connectivity index (χ0) is 16.7. The second-order valence-corrected chi connectivity index (χ2v) is 6.01. The number of halogens is 1. The van der Waals surface area contributed by atoms with Crippen molar-refractivity contribution in [3.8, 4) is 11.5 Å². The molecule has 0 amide bonds. The second-order valence-electron chi connectivity index (χ2n) is 5.60. The van der Waals surface area contributed by atoms with Crippen LogP contribution in [0.15, 0.2) is 17.1 Å². The molecule has 1 aliphatic heterocycles. The van der Waals surface area contributed by atoms with Crippen LogP contribution >= 0.6 is 11.6 Å². The second kappa shape index (κ2) is 8.87. The van der Waals surface area contributed by atoms with Gasteiger partial charge in [-0.2, -0.15) is 0 Å². The summed E-state index contributed by atoms with van der Waals surface area (Å²) in [6, 6.07) is 3.95. The molecule has 0 atom stereocenters. The predicted octanol–water partition coefficient (Wildman–Crippen LogP) is 2.96. The Balaban J connectivity index is 1.89. The third-order valence-electron chi connectivity index (χ3n) is 3.77. The van der Waals surface area contributed by atoms with Gasteiger partial charge in [0.1, 0.15) is 13.2 Å². The molecule has 6 heteroatoms. The maximum atomic E-state index is 6.27. The molecule has 1 aromatic rings. The summed E-state index contributed by atoms with van der Waals surface area (Å²) in [7, 11) is 3.87. The summed E-state index contributed by atoms with van der Waals surface area (Å²) in [5, 5.41) is 4.00. The van der Waals surface area contributed by atoms with Crippen LogP contribution in [0.1, 0.15) is 25.3 Å². The first-order chi connectivity index (χ1) is 11.2. The molecule has 1 aromatic carbocycles. The molecular formula is C17H26ClN3O2. The van der Waals surface area contributed by atoms with Crippen molar-refractivity contribution in [2.45, 2.75) is 26.2 Å². The zero-order valence-electron chi connectivity index (χ0n) is 14.2. The molecule has 0 aromatic heterocycles. The average Bonchev–Trinajstić information content (AvgIpc) is 2.56. The molecule has 0 unspecified atom stereocenters. The zero-order valence-corrected chi connectivity index (χ0v) is 14.9. The Hall–Kier alpha value is -1.62. The highest BCUT2D eigenvalue weighted by atomic mass is 35.5. The van der Waals surface area contributed by atoms with Crippen LogP contribution in [0.25, 0.3) is 0 Å². The molecule has 0 bridgehead atoms. The molecule has 128 valence electrons. The summed E-state index contributed by atoms with van der Waals surface area (Å²) < 4.78 is 11.2. The van der Waals surface area contributed by atoms with E-state index in [1.54, 1.807) is 0 Å². The van der Waals surface area contributed by atoms with Crippen molar-refractivity contribution in [3.63, 3.8) is 0 Å². The van der Waals surface area contributed by atoms with Crippen LogP contribution in [0.3, 0.4) is 0 Å². The molecule has 1 heterocycles. The standard InChI is InChI=1S/C17H26ClN3O2/c1-4-5-8-21(3)17(19-2)20-7-6-13-11-14(18)16-15(12-13)22-9-10-23-16/h11-12H,4-10H2,1-3H3,(H,19,20). The number of unbranched alkanes of at least 4 members (excludes halogenated alkanes) is 1. The van der Waals surface area contributed by atoms with Gasteiger partial charge >= 0.3 is 0 Å². The van der Waals surface area contributed by atoms with Gasteiger partial charge in [-0.05, 0) is 30.5 Å². The summed E-state index contributed by atoms with van der Waals surface area (Å²) in [5.74, 6) is 2.31. The van der Waals surface area contributed by atoms with E-state index < -0.39 is 0 Å². The van der Waals surface area contributed by atoms with E-state index >= 15 is 0 Å². The predicted molar refractivity (Wildman–Crippen MR) is 95.0 cm³/mol. The van der Waals surface area contributed by atoms with Crippen molar-refractivity contribution >= 4 is 17.6 Å². The van der Waals surface area contributed by atoms with Gasteiger partial charge < -0.3 is 19.7 Å². The van der Waals surface area contributed by atoms with Crippen molar-refractivity contribution in [1.82, 2.24) is 10.2 Å². The van der Waals surface area contributed by atoms with Crippen LogP contribution in [-0.4, -0.2) is 51.3 Å². The van der Waals surface area contributed by atoms with Gasteiger partial charge in [-0.25, -0.2) is 0 Å². The van der Waals surface area contributed by atoms with E-state index in [0.29, 0.717) is 24.0 Å². The first-order valence-corrected chi connectivity index (χ1v) is 8.53. The van der Waals surface area contributed by atoms with Crippen molar-refractivity contribution in [3.05, 3.63) is 22.7 Å². The van der Waals surface area contributed by atoms with Gasteiger partial charge in [0.25, 0.3) is 0 Å². The van der Waals surface area contributed by atoms with Crippen LogP contribution in [0.5, 0.6) is 11.5 Å². The summed E-state index contributed by atoms with van der Waals surface area (Å²) in [4.78, 5) is 6.47. The van der Waals surface area contributed by atoms with Crippen LogP contribution < -0.4 is 14.8 Å². The van der Waals surface area contributed by atoms with Gasteiger partial charge in [0, 0.05) is 27.2 Å². The smallest absolute Gasteiger partial charge is 0.193 e. The Morgan fingerprint density at radius 1 is 1.35 bits per heavy atom. The first-order valence-electron chi connectivity index (χ1n) is 8.15. The minimum atomic E-state index is 0.550. The number of nitrogens with zero attached hydrogens (tertiary/aromatic N) is 2. The average molecular weight is 340 g/mol. The number of nitrogens with one attached hydrogen (secondary N) is 1. The van der Waals surface area contributed by atoms with Crippen molar-refractivity contribution in [2.24, 2.45) is 4.99 Å². The Kier molecular flexibility index (Phi) is 6.84. The summed E-state index contributed by atoms with van der Waals surface area (Å²) in [5.41, 5.74) is 1.12. The fourth-order valence-electron chi connectivity index (χ4n) is 2.51. The molecule has 0 aliphatic carbocycles. The van der Waals surface area contributed by atoms with Crippen molar-refractivity contribution < 1.29 is 9.47 Å². The van der Waals surface area contributed by atoms with Crippen LogP contribution in [0.2, 0.25) is 5.02 Å². The molecule has 0 saturated carbocycles. The quantitative estimate of drug-likeness (QED) is 0.639. The van der Waals surface area contributed by atoms with Gasteiger partial charge in [-0.15, -0.1) is 0 Å². The largest absolute Gasteiger partial charge is 0.486 e. The van der Waals surface area contributed by atoms with Crippen molar-refractivity contribution in [1.29, 1.82) is 0 Å². The number of hydrogen-bond acceptors (Lipinski definition) is 3. The lowest BCUT2D eigenvalue weighted by molar-refractivity contribution is 0.171. The van der Waals surface area contributed by atoms with Gasteiger partial charge in [-0.3, -0.25) is 4.99 Å². The third kappa shape index (κ3) is 4.93. The SMILES string of the molecule is CCCCN(C)C(=NC)NCCc1cc(Cl)c2c(c1)OCCO2. The van der Waals surface area contributed by atoms with E-state index in [4.69, 9.17) is 21.1 Å². The van der Waals surface area contributed by atoms with E-state index in [-0.39, 0.29) is 0 Å². The minimum absolute atomic E-state index is 0.550. The Bertz CT molecular complexity index is 549. The highest BCUT2D eigenvalue weighted by molar-refractivity contribution is 6.32. The van der Waals surface area contributed by atoms with Crippen LogP contribution in [-0.2, 0) is 6.42 Å². The monoisotopic (exact) mass is 339 g/mol. The maximum absolute atomic E-state index is 6.27. The lowest BCUT2D eigenvalue weighted by Gasteiger charge is -2.22. The Labute approximate surface area is 143 Å². The first kappa shape index (κ1) is 17.7. The molecule has 1 aliphatic rings. The van der Waals surface area contributed by atoms with Gasteiger partial charge in [0.05, 0.1) is 5.02 Å². The summed E-state index contributed by atoms with van der Waals surface area (Å²) >= 11 is 6.27. The van der Waals surface area contributed by atoms with Crippen LogP contribution in [0, 0.1) is 0 Å². The van der Waals surface area contributed by atoms with Crippen LogP contribution in [0.4, 0.5) is 0 Å². The molecule has 0 radical (unpaired) electrons. The van der Waals surface area contributed by atoms with Crippen molar-refractivity contribution in [2.75, 3.05) is 40.4 Å². The Morgan fingerprint density at radius 3 is 2.87 bits per heavy atom. The third-order valence-corrected chi connectivity index (χ3v) is 4.05. The summed E-state index contributed by atoms with van der Waals surface area (Å²) in [6.07, 6.45) is 3.18. The molecule has 0 saturated heterocycles. The fourth-order valence-corrected chi connectivity index (χ4v) is 2.80. The summed E-state index contributed by atoms with van der Waals surface area (Å²) in [6.45, 7) is 5.11. The molecule has 2 rings (SSSR count). The molecule has 23 heavy (non-hydrogen) atoms. The number of guanidine groups is 1. The molecule has 0 fully saturated rings. The molecular weight excluding hydrogens is 314 g/mol. The van der Waals surface area contributed by atoms with Gasteiger partial charge in [-0.1, -0.05) is 24.9 Å². The van der Waals surface area contributed by atoms with Gasteiger partial charge in [0.15, 0.2) is 17.5 Å². The van der Waals surface area contributed by atoms with E-state index in [0.717, 1.165) is 43.2 Å². The van der Waals surface area contributed by atoms with E-state index in [1.165, 1.54) is 6.42 Å². The number of hydrogen-bond donors (Lipinski definition) is 1. The Morgan fingerprint density at radius 2 is 2.13 bits per heavy atom. The number of aliphatic imine (C=N–C) groups is 1. The maximum Gasteiger partial charge on any atom is 0.193 e. The van der Waals surface area contributed by atoms with Gasteiger partial charge in [0.2, 0.25) is 0 Å². The number of benzene rings is 1. The lowest BCUT2D eigenvalue weighted by Crippen LogP contribution is -2.40. The number of fused-ring (bicyclic) bond motifs is 1. The topological polar surface area (TPSA) is 46.1 Å². The molecule has 5 nitrogen and oxygen atoms in total. The highest BCUT2D eigenvalue weighted by Crippen LogP contribution is 2.38. The van der Waals surface area contributed by atoms with E-state index in [1.807, 2.05) is 19.2 Å². The molecule has 0 spiro atoms. The lowest BCUT2D eigenvalue weighted by atomic mass is 10.1. The minimum Gasteiger partial charge on any atom is -0.486 e. The highest BCUT2D eigenvalue weighted by Gasteiger charge is 2.16. The van der Waals surface area contributed by atoms with E-state index in [2.05, 4.69) is 29.2 Å². The fraction of sp³-hybridized carbons (Fsp3) is 0.588. The number of rotatable bonds is 6. The normalized spacial score (nSPS) is 13.8. The number of ether oxygens (including phenoxy) is 2. The van der Waals surface area contributed by atoms with E-state index in [9.17, 15) is 0 Å².